The van der Waals surface area contributed by atoms with E-state index in [4.69, 9.17) is 0 Å². The smallest absolute Gasteiger partial charge is 0.302 e. The van der Waals surface area contributed by atoms with Crippen LogP contribution in [0.1, 0.15) is 11.3 Å². The summed E-state index contributed by atoms with van der Waals surface area (Å²) in [4.78, 5) is 13.2. The number of aryl methyl sites for hydroxylation is 1. The van der Waals surface area contributed by atoms with E-state index in [1.807, 2.05) is 50.2 Å². The Kier molecular flexibility index (Phi) is 4.19. The van der Waals surface area contributed by atoms with Crippen molar-refractivity contribution >= 4 is 22.7 Å². The zero-order valence-corrected chi connectivity index (χ0v) is 14.3. The van der Waals surface area contributed by atoms with Gasteiger partial charge in [0.15, 0.2) is 0 Å². The topological polar surface area (TPSA) is 71.5 Å². The molecule has 3 rings (SSSR count). The Morgan fingerprint density at radius 3 is 2.44 bits per heavy atom. The van der Waals surface area contributed by atoms with E-state index in [1.165, 1.54) is 6.07 Å². The Bertz CT molecular complexity index is 970. The van der Waals surface area contributed by atoms with E-state index < -0.39 is 0 Å². The molecule has 3 aromatic rings. The Labute approximate surface area is 145 Å². The van der Waals surface area contributed by atoms with Crippen molar-refractivity contribution in [3.63, 3.8) is 0 Å². The minimum absolute atomic E-state index is 0.0219. The number of phenols is 1. The van der Waals surface area contributed by atoms with E-state index >= 15 is 0 Å². The van der Waals surface area contributed by atoms with Gasteiger partial charge in [-0.1, -0.05) is 17.7 Å². The Morgan fingerprint density at radius 2 is 1.84 bits per heavy atom. The third-order valence-electron chi connectivity index (χ3n) is 3.97. The number of rotatable bonds is 4. The van der Waals surface area contributed by atoms with Gasteiger partial charge in [-0.15, -0.1) is 0 Å². The second-order valence-corrected chi connectivity index (χ2v) is 6.14. The number of nitrogens with zero attached hydrogens (tertiary/aromatic N) is 3. The third-order valence-corrected chi connectivity index (χ3v) is 3.97. The van der Waals surface area contributed by atoms with Crippen LogP contribution in [0.15, 0.2) is 48.7 Å². The molecule has 25 heavy (non-hydrogen) atoms. The molecule has 0 aliphatic heterocycles. The van der Waals surface area contributed by atoms with Crippen molar-refractivity contribution in [1.29, 1.82) is 0 Å². The van der Waals surface area contributed by atoms with Crippen molar-refractivity contribution < 1.29 is 10.0 Å². The first-order valence-electron chi connectivity index (χ1n) is 7.82. The van der Waals surface area contributed by atoms with Crippen LogP contribution in [0, 0.1) is 17.0 Å². The fraction of sp³-hybridized carbons (Fsp3) is 0.158. The summed E-state index contributed by atoms with van der Waals surface area (Å²) in [6.45, 7) is 1.98. The molecule has 0 saturated carbocycles. The molecule has 0 aliphatic carbocycles. The number of hydrogen-bond acceptors (Lipinski definition) is 4. The van der Waals surface area contributed by atoms with Crippen LogP contribution in [-0.2, 0) is 0 Å². The summed E-state index contributed by atoms with van der Waals surface area (Å²) >= 11 is 0. The molecule has 0 fully saturated rings. The summed E-state index contributed by atoms with van der Waals surface area (Å²) in [5.74, 6) is 0.0661. The summed E-state index contributed by atoms with van der Waals surface area (Å²) < 4.78 is 1.80. The number of benzene rings is 2. The van der Waals surface area contributed by atoms with Crippen LogP contribution >= 0.6 is 0 Å². The summed E-state index contributed by atoms with van der Waals surface area (Å²) in [6, 6.07) is 12.3. The number of hydrogen-bond donors (Lipinski definition) is 1. The molecule has 0 atom stereocenters. The molecule has 6 heteroatoms. The van der Waals surface area contributed by atoms with Crippen LogP contribution in [0.2, 0.25) is 0 Å². The molecule has 0 aliphatic rings. The summed E-state index contributed by atoms with van der Waals surface area (Å²) in [7, 11) is 3.71. The third kappa shape index (κ3) is 3.06. The highest BCUT2D eigenvalue weighted by atomic mass is 16.6. The highest BCUT2D eigenvalue weighted by molar-refractivity contribution is 5.96. The second-order valence-electron chi connectivity index (χ2n) is 6.14. The molecule has 2 aromatic carbocycles. The molecular weight excluding hydrogens is 318 g/mol. The van der Waals surface area contributed by atoms with Crippen molar-refractivity contribution in [1.82, 2.24) is 9.47 Å². The Morgan fingerprint density at radius 1 is 1.16 bits per heavy atom. The maximum atomic E-state index is 11.7. The molecule has 1 N–H and O–H groups in total. The van der Waals surface area contributed by atoms with Gasteiger partial charge in [0, 0.05) is 32.0 Å². The quantitative estimate of drug-likeness (QED) is 0.575. The van der Waals surface area contributed by atoms with Crippen LogP contribution < -0.4 is 0 Å². The number of fused-ring (bicyclic) bond motifs is 1. The van der Waals surface area contributed by atoms with Gasteiger partial charge < -0.3 is 14.6 Å². The molecule has 0 bridgehead atoms. The highest BCUT2D eigenvalue weighted by Crippen LogP contribution is 2.37. The summed E-state index contributed by atoms with van der Waals surface area (Å²) in [5, 5.41) is 22.1. The lowest BCUT2D eigenvalue weighted by Gasteiger charge is -2.10. The first-order valence-corrected chi connectivity index (χ1v) is 7.82. The average Bonchev–Trinajstić information content (AvgIpc) is 2.87. The van der Waals surface area contributed by atoms with Gasteiger partial charge in [0.05, 0.1) is 15.8 Å². The maximum absolute atomic E-state index is 11.7. The van der Waals surface area contributed by atoms with E-state index in [2.05, 4.69) is 0 Å². The molecule has 1 heterocycles. The number of phenolic OH excluding ortho intramolecular Hbond substituents is 1. The molecule has 128 valence electrons. The van der Waals surface area contributed by atoms with E-state index in [9.17, 15) is 15.2 Å². The molecule has 6 nitrogen and oxygen atoms in total. The zero-order chi connectivity index (χ0) is 18.1. The van der Waals surface area contributed by atoms with Gasteiger partial charge in [-0.05, 0) is 37.3 Å². The average molecular weight is 337 g/mol. The van der Waals surface area contributed by atoms with Crippen molar-refractivity contribution in [2.45, 2.75) is 6.92 Å². The monoisotopic (exact) mass is 337 g/mol. The van der Waals surface area contributed by atoms with Gasteiger partial charge in [0.25, 0.3) is 0 Å². The minimum Gasteiger partial charge on any atom is -0.508 e. The van der Waals surface area contributed by atoms with Crippen molar-refractivity contribution in [3.8, 4) is 11.4 Å². The van der Waals surface area contributed by atoms with Gasteiger partial charge in [0.1, 0.15) is 11.4 Å². The minimum atomic E-state index is -0.376. The Balaban J connectivity index is 2.42. The Hall–Kier alpha value is -3.28. The normalized spacial score (nSPS) is 11.3. The predicted molar refractivity (Wildman–Crippen MR) is 99.1 cm³/mol. The van der Waals surface area contributed by atoms with Gasteiger partial charge in [-0.3, -0.25) is 10.1 Å². The van der Waals surface area contributed by atoms with Gasteiger partial charge in [0.2, 0.25) is 0 Å². The first-order chi connectivity index (χ1) is 11.9. The molecule has 0 spiro atoms. The number of aromatic hydroxyl groups is 1. The van der Waals surface area contributed by atoms with Gasteiger partial charge in [-0.25, -0.2) is 0 Å². The zero-order valence-electron chi connectivity index (χ0n) is 14.3. The molecular formula is C19H19N3O3. The molecule has 0 unspecified atom stereocenters. The number of nitro groups is 1. The molecule has 0 radical (unpaired) electrons. The van der Waals surface area contributed by atoms with E-state index in [0.717, 1.165) is 11.3 Å². The lowest BCUT2D eigenvalue weighted by Crippen LogP contribution is -2.02. The number of aromatic nitrogens is 1. The van der Waals surface area contributed by atoms with Crippen LogP contribution in [-0.4, -0.2) is 33.6 Å². The molecule has 0 saturated heterocycles. The standard InChI is InChI=1S/C19H19N3O3/c1-13-4-6-14(7-5-13)21-17(10-11-20(2)3)19(22(24)25)16-9-8-15(23)12-18(16)21/h4-12,23H,1-3H3. The largest absolute Gasteiger partial charge is 0.508 e. The fourth-order valence-corrected chi connectivity index (χ4v) is 2.82. The second kappa shape index (κ2) is 6.32. The summed E-state index contributed by atoms with van der Waals surface area (Å²) in [6.07, 6.45) is 3.49. The van der Waals surface area contributed by atoms with Crippen molar-refractivity contribution in [3.05, 3.63) is 70.0 Å². The summed E-state index contributed by atoms with van der Waals surface area (Å²) in [5.41, 5.74) is 2.97. The molecule has 0 amide bonds. The lowest BCUT2D eigenvalue weighted by molar-refractivity contribution is -0.383. The van der Waals surface area contributed by atoms with E-state index in [1.54, 1.807) is 29.0 Å². The lowest BCUT2D eigenvalue weighted by atomic mass is 10.2. The SMILES string of the molecule is Cc1ccc(-n2c(C=CN(C)C)c([N+](=O)[O-])c3ccc(O)cc32)cc1. The maximum Gasteiger partial charge on any atom is 0.302 e. The highest BCUT2D eigenvalue weighted by Gasteiger charge is 2.25. The van der Waals surface area contributed by atoms with Gasteiger partial charge >= 0.3 is 5.69 Å². The van der Waals surface area contributed by atoms with Crippen molar-refractivity contribution in [2.24, 2.45) is 0 Å². The molecule has 1 aromatic heterocycles. The van der Waals surface area contributed by atoms with Crippen LogP contribution in [0.25, 0.3) is 22.7 Å². The van der Waals surface area contributed by atoms with Crippen LogP contribution in [0.5, 0.6) is 5.75 Å². The van der Waals surface area contributed by atoms with Crippen LogP contribution in [0.3, 0.4) is 0 Å². The van der Waals surface area contributed by atoms with Gasteiger partial charge in [-0.2, -0.15) is 0 Å². The predicted octanol–water partition coefficient (Wildman–Crippen LogP) is 4.09. The first kappa shape index (κ1) is 16.6. The van der Waals surface area contributed by atoms with E-state index in [0.29, 0.717) is 16.6 Å². The van der Waals surface area contributed by atoms with Crippen LogP contribution in [0.4, 0.5) is 5.69 Å². The van der Waals surface area contributed by atoms with Crippen molar-refractivity contribution in [2.75, 3.05) is 14.1 Å². The fourth-order valence-electron chi connectivity index (χ4n) is 2.82. The van der Waals surface area contributed by atoms with E-state index in [-0.39, 0.29) is 16.4 Å².